The first kappa shape index (κ1) is 12.5. The Morgan fingerprint density at radius 1 is 1.17 bits per heavy atom. The predicted octanol–water partition coefficient (Wildman–Crippen LogP) is 2.70. The molecule has 0 radical (unpaired) electrons. The molecular formula is C14H17N3O. The highest BCUT2D eigenvalue weighted by molar-refractivity contribution is 5.60. The SMILES string of the molecule is COCc1ccccc1N(C)c1ncc(C)cn1. The largest absolute Gasteiger partial charge is 0.380 e. The number of aromatic nitrogens is 2. The first-order valence-corrected chi connectivity index (χ1v) is 5.81. The van der Waals surface area contributed by atoms with E-state index in [1.807, 2.05) is 55.5 Å². The van der Waals surface area contributed by atoms with Gasteiger partial charge in [-0.15, -0.1) is 0 Å². The van der Waals surface area contributed by atoms with Crippen LogP contribution in [0.25, 0.3) is 0 Å². The lowest BCUT2D eigenvalue weighted by atomic mass is 10.2. The smallest absolute Gasteiger partial charge is 0.229 e. The maximum absolute atomic E-state index is 5.21. The van der Waals surface area contributed by atoms with Crippen molar-refractivity contribution in [3.8, 4) is 0 Å². The third-order valence-corrected chi connectivity index (χ3v) is 2.72. The van der Waals surface area contributed by atoms with Gasteiger partial charge >= 0.3 is 0 Å². The number of methoxy groups -OCH3 is 1. The van der Waals surface area contributed by atoms with Crippen molar-refractivity contribution in [2.45, 2.75) is 13.5 Å². The summed E-state index contributed by atoms with van der Waals surface area (Å²) in [6.45, 7) is 2.55. The highest BCUT2D eigenvalue weighted by atomic mass is 16.5. The summed E-state index contributed by atoms with van der Waals surface area (Å²) < 4.78 is 5.21. The molecule has 1 heterocycles. The molecule has 0 amide bonds. The van der Waals surface area contributed by atoms with Crippen LogP contribution in [-0.2, 0) is 11.3 Å². The Kier molecular flexibility index (Phi) is 3.89. The van der Waals surface area contributed by atoms with Crippen LogP contribution < -0.4 is 4.90 Å². The van der Waals surface area contributed by atoms with Crippen LogP contribution in [0.15, 0.2) is 36.7 Å². The monoisotopic (exact) mass is 243 g/mol. The Labute approximate surface area is 107 Å². The van der Waals surface area contributed by atoms with Crippen LogP contribution in [0, 0.1) is 6.92 Å². The molecule has 0 saturated carbocycles. The lowest BCUT2D eigenvalue weighted by Crippen LogP contribution is -2.15. The molecule has 0 saturated heterocycles. The fraction of sp³-hybridized carbons (Fsp3) is 0.286. The number of rotatable bonds is 4. The maximum Gasteiger partial charge on any atom is 0.229 e. The molecule has 94 valence electrons. The average molecular weight is 243 g/mol. The topological polar surface area (TPSA) is 38.2 Å². The van der Waals surface area contributed by atoms with Crippen LogP contribution in [0.5, 0.6) is 0 Å². The van der Waals surface area contributed by atoms with Crippen molar-refractivity contribution in [3.05, 3.63) is 47.8 Å². The molecule has 1 aromatic carbocycles. The summed E-state index contributed by atoms with van der Waals surface area (Å²) in [7, 11) is 3.65. The van der Waals surface area contributed by atoms with E-state index in [0.717, 1.165) is 16.8 Å². The van der Waals surface area contributed by atoms with Crippen molar-refractivity contribution in [2.75, 3.05) is 19.1 Å². The Morgan fingerprint density at radius 2 is 1.83 bits per heavy atom. The van der Waals surface area contributed by atoms with E-state index >= 15 is 0 Å². The summed E-state index contributed by atoms with van der Waals surface area (Å²) in [5.41, 5.74) is 3.23. The van der Waals surface area contributed by atoms with E-state index in [1.165, 1.54) is 0 Å². The molecule has 0 spiro atoms. The minimum Gasteiger partial charge on any atom is -0.380 e. The van der Waals surface area contributed by atoms with E-state index in [2.05, 4.69) is 9.97 Å². The molecule has 0 aliphatic rings. The number of nitrogens with zero attached hydrogens (tertiary/aromatic N) is 3. The lowest BCUT2D eigenvalue weighted by Gasteiger charge is -2.20. The van der Waals surface area contributed by atoms with E-state index in [9.17, 15) is 0 Å². The van der Waals surface area contributed by atoms with Crippen molar-refractivity contribution < 1.29 is 4.74 Å². The predicted molar refractivity (Wildman–Crippen MR) is 72.0 cm³/mol. The first-order valence-electron chi connectivity index (χ1n) is 5.81. The maximum atomic E-state index is 5.21. The summed E-state index contributed by atoms with van der Waals surface area (Å²) in [5.74, 6) is 0.684. The second-order valence-electron chi connectivity index (χ2n) is 4.18. The molecule has 18 heavy (non-hydrogen) atoms. The van der Waals surface area contributed by atoms with Gasteiger partial charge in [-0.1, -0.05) is 18.2 Å². The van der Waals surface area contributed by atoms with Crippen molar-refractivity contribution in [3.63, 3.8) is 0 Å². The number of aryl methyl sites for hydroxylation is 1. The summed E-state index contributed by atoms with van der Waals surface area (Å²) in [6, 6.07) is 8.09. The second-order valence-corrected chi connectivity index (χ2v) is 4.18. The Hall–Kier alpha value is -1.94. The Morgan fingerprint density at radius 3 is 2.50 bits per heavy atom. The molecule has 0 fully saturated rings. The first-order chi connectivity index (χ1) is 8.72. The Bertz CT molecular complexity index is 511. The minimum atomic E-state index is 0.576. The molecule has 4 nitrogen and oxygen atoms in total. The lowest BCUT2D eigenvalue weighted by molar-refractivity contribution is 0.185. The van der Waals surface area contributed by atoms with Gasteiger partial charge in [0.2, 0.25) is 5.95 Å². The van der Waals surface area contributed by atoms with Crippen molar-refractivity contribution in [1.29, 1.82) is 0 Å². The molecule has 0 aliphatic carbocycles. The molecule has 0 aliphatic heterocycles. The molecule has 1 aromatic heterocycles. The van der Waals surface area contributed by atoms with E-state index in [4.69, 9.17) is 4.74 Å². The molecule has 0 atom stereocenters. The van der Waals surface area contributed by atoms with Gasteiger partial charge in [0.05, 0.1) is 6.61 Å². The van der Waals surface area contributed by atoms with E-state index in [-0.39, 0.29) is 0 Å². The van der Waals surface area contributed by atoms with Crippen LogP contribution in [0.4, 0.5) is 11.6 Å². The van der Waals surface area contributed by atoms with Crippen LogP contribution in [0.1, 0.15) is 11.1 Å². The van der Waals surface area contributed by atoms with E-state index in [1.54, 1.807) is 7.11 Å². The molecule has 2 rings (SSSR count). The van der Waals surface area contributed by atoms with Crippen LogP contribution in [0.3, 0.4) is 0 Å². The van der Waals surface area contributed by atoms with Gasteiger partial charge < -0.3 is 9.64 Å². The number of hydrogen-bond donors (Lipinski definition) is 0. The summed E-state index contributed by atoms with van der Waals surface area (Å²) >= 11 is 0. The zero-order valence-electron chi connectivity index (χ0n) is 10.9. The standard InChI is InChI=1S/C14H17N3O/c1-11-8-15-14(16-9-11)17(2)13-7-5-4-6-12(13)10-18-3/h4-9H,10H2,1-3H3. The third kappa shape index (κ3) is 2.65. The van der Waals surface area contributed by atoms with Crippen molar-refractivity contribution in [1.82, 2.24) is 9.97 Å². The van der Waals surface area contributed by atoms with Gasteiger partial charge in [-0.3, -0.25) is 0 Å². The van der Waals surface area contributed by atoms with Crippen LogP contribution in [0.2, 0.25) is 0 Å². The number of para-hydroxylation sites is 1. The molecule has 0 unspecified atom stereocenters. The number of benzene rings is 1. The molecule has 0 bridgehead atoms. The van der Waals surface area contributed by atoms with Crippen LogP contribution >= 0.6 is 0 Å². The number of hydrogen-bond acceptors (Lipinski definition) is 4. The normalized spacial score (nSPS) is 10.4. The fourth-order valence-electron chi connectivity index (χ4n) is 1.78. The van der Waals surface area contributed by atoms with Crippen molar-refractivity contribution >= 4 is 11.6 Å². The molecule has 4 heteroatoms. The molecular weight excluding hydrogens is 226 g/mol. The Balaban J connectivity index is 2.33. The summed E-state index contributed by atoms with van der Waals surface area (Å²) in [5, 5.41) is 0. The number of anilines is 2. The minimum absolute atomic E-state index is 0.576. The van der Waals surface area contributed by atoms with Crippen LogP contribution in [-0.4, -0.2) is 24.1 Å². The molecule has 2 aromatic rings. The summed E-state index contributed by atoms with van der Waals surface area (Å²) in [4.78, 5) is 10.6. The van der Waals surface area contributed by atoms with Gasteiger partial charge in [0.1, 0.15) is 0 Å². The zero-order chi connectivity index (χ0) is 13.0. The van der Waals surface area contributed by atoms with Gasteiger partial charge in [-0.2, -0.15) is 0 Å². The van der Waals surface area contributed by atoms with Gasteiger partial charge in [0, 0.05) is 37.8 Å². The average Bonchev–Trinajstić information content (AvgIpc) is 2.40. The van der Waals surface area contributed by atoms with Gasteiger partial charge in [0.25, 0.3) is 0 Å². The van der Waals surface area contributed by atoms with E-state index < -0.39 is 0 Å². The van der Waals surface area contributed by atoms with E-state index in [0.29, 0.717) is 12.6 Å². The zero-order valence-corrected chi connectivity index (χ0v) is 10.9. The van der Waals surface area contributed by atoms with Gasteiger partial charge in [0.15, 0.2) is 0 Å². The highest BCUT2D eigenvalue weighted by Crippen LogP contribution is 2.24. The quantitative estimate of drug-likeness (QED) is 0.827. The fourth-order valence-corrected chi connectivity index (χ4v) is 1.78. The molecule has 0 N–H and O–H groups in total. The summed E-state index contributed by atoms with van der Waals surface area (Å²) in [6.07, 6.45) is 3.63. The van der Waals surface area contributed by atoms with Crippen molar-refractivity contribution in [2.24, 2.45) is 0 Å². The second kappa shape index (κ2) is 5.60. The number of ether oxygens (including phenoxy) is 1. The third-order valence-electron chi connectivity index (χ3n) is 2.72. The van der Waals surface area contributed by atoms with Gasteiger partial charge in [-0.25, -0.2) is 9.97 Å². The highest BCUT2D eigenvalue weighted by Gasteiger charge is 2.10. The van der Waals surface area contributed by atoms with Gasteiger partial charge in [-0.05, 0) is 18.6 Å².